The van der Waals surface area contributed by atoms with Crippen LogP contribution in [-0.2, 0) is 9.53 Å². The van der Waals surface area contributed by atoms with Gasteiger partial charge in [-0.1, -0.05) is 52.1 Å². The summed E-state index contributed by atoms with van der Waals surface area (Å²) in [6, 6.07) is 12.2. The number of ether oxygens (including phenoxy) is 3. The normalized spacial score (nSPS) is 15.2. The second kappa shape index (κ2) is 11.1. The van der Waals surface area contributed by atoms with Gasteiger partial charge >= 0.3 is 5.97 Å². The molecule has 3 aromatic rings. The van der Waals surface area contributed by atoms with E-state index in [-0.39, 0.29) is 12.2 Å². The first-order valence-electron chi connectivity index (χ1n) is 11.2. The standard InChI is InChI=1S/C27H25BrN2O5S/c1-5-13-35-20-10-7-17(8-11-20)24-23(26(32)34-6-2)16(3)29-27-30(24)25(31)22(36-27)15-18-14-19(28)9-12-21(18)33-4/h5,7-12,14-15,24H,1,6,13H2,2-4H3/b22-15-/t24-/m0/s1. The Labute approximate surface area is 220 Å². The molecule has 0 amide bonds. The number of carbonyl (C=O) groups is 1. The first-order chi connectivity index (χ1) is 17.4. The molecule has 2 heterocycles. The van der Waals surface area contributed by atoms with Crippen LogP contribution < -0.4 is 24.4 Å². The Kier molecular flexibility index (Phi) is 7.91. The lowest BCUT2D eigenvalue weighted by Crippen LogP contribution is -2.39. The Balaban J connectivity index is 1.91. The molecule has 0 saturated carbocycles. The van der Waals surface area contributed by atoms with E-state index in [0.29, 0.717) is 38.7 Å². The van der Waals surface area contributed by atoms with Crippen LogP contribution in [0, 0.1) is 0 Å². The van der Waals surface area contributed by atoms with Crippen molar-refractivity contribution in [1.82, 2.24) is 4.57 Å². The van der Waals surface area contributed by atoms with Gasteiger partial charge in [0, 0.05) is 10.0 Å². The second-order valence-corrected chi connectivity index (χ2v) is 9.78. The van der Waals surface area contributed by atoms with Crippen molar-refractivity contribution in [2.75, 3.05) is 20.3 Å². The van der Waals surface area contributed by atoms with Gasteiger partial charge in [0.1, 0.15) is 18.1 Å². The van der Waals surface area contributed by atoms with Gasteiger partial charge in [-0.3, -0.25) is 9.36 Å². The Morgan fingerprint density at radius 3 is 2.67 bits per heavy atom. The minimum absolute atomic E-state index is 0.212. The molecule has 0 unspecified atom stereocenters. The lowest BCUT2D eigenvalue weighted by atomic mass is 9.96. The van der Waals surface area contributed by atoms with Crippen molar-refractivity contribution in [3.05, 3.63) is 102 Å². The molecule has 1 atom stereocenters. The van der Waals surface area contributed by atoms with Crippen molar-refractivity contribution in [2.24, 2.45) is 4.99 Å². The maximum atomic E-state index is 13.7. The molecule has 2 aromatic carbocycles. The van der Waals surface area contributed by atoms with Crippen molar-refractivity contribution in [3.8, 4) is 11.5 Å². The smallest absolute Gasteiger partial charge is 0.338 e. The van der Waals surface area contributed by atoms with Gasteiger partial charge in [0.2, 0.25) is 0 Å². The van der Waals surface area contributed by atoms with Gasteiger partial charge in [-0.25, -0.2) is 9.79 Å². The molecular weight excluding hydrogens is 544 g/mol. The maximum Gasteiger partial charge on any atom is 0.338 e. The number of nitrogens with zero attached hydrogens (tertiary/aromatic N) is 2. The van der Waals surface area contributed by atoms with E-state index in [1.165, 1.54) is 11.3 Å². The number of esters is 1. The van der Waals surface area contributed by atoms with Crippen LogP contribution in [0.15, 0.2) is 80.6 Å². The number of aromatic nitrogens is 1. The number of thiazole rings is 1. The van der Waals surface area contributed by atoms with Crippen LogP contribution >= 0.6 is 27.3 Å². The number of hydrogen-bond acceptors (Lipinski definition) is 7. The summed E-state index contributed by atoms with van der Waals surface area (Å²) in [4.78, 5) is 31.9. The molecule has 0 aliphatic carbocycles. The Morgan fingerprint density at radius 2 is 2.00 bits per heavy atom. The van der Waals surface area contributed by atoms with E-state index in [9.17, 15) is 9.59 Å². The van der Waals surface area contributed by atoms with E-state index >= 15 is 0 Å². The highest BCUT2D eigenvalue weighted by Crippen LogP contribution is 2.32. The Bertz CT molecular complexity index is 1520. The summed E-state index contributed by atoms with van der Waals surface area (Å²) in [5.74, 6) is 0.795. The van der Waals surface area contributed by atoms with Gasteiger partial charge in [0.05, 0.1) is 35.6 Å². The van der Waals surface area contributed by atoms with Crippen molar-refractivity contribution in [3.63, 3.8) is 0 Å². The van der Waals surface area contributed by atoms with Gasteiger partial charge in [-0.05, 0) is 55.8 Å². The zero-order valence-corrected chi connectivity index (χ0v) is 22.5. The molecule has 1 aromatic heterocycles. The van der Waals surface area contributed by atoms with Crippen molar-refractivity contribution in [2.45, 2.75) is 19.9 Å². The molecule has 7 nitrogen and oxygen atoms in total. The summed E-state index contributed by atoms with van der Waals surface area (Å²) in [5, 5.41) is 0. The van der Waals surface area contributed by atoms with Crippen LogP contribution in [0.5, 0.6) is 11.5 Å². The molecule has 0 bridgehead atoms. The fourth-order valence-electron chi connectivity index (χ4n) is 3.97. The molecule has 1 aliphatic heterocycles. The van der Waals surface area contributed by atoms with Gasteiger partial charge in [0.15, 0.2) is 4.80 Å². The number of carbonyl (C=O) groups excluding carboxylic acids is 1. The molecule has 1 aliphatic rings. The van der Waals surface area contributed by atoms with Crippen LogP contribution in [-0.4, -0.2) is 30.9 Å². The first-order valence-corrected chi connectivity index (χ1v) is 12.9. The molecule has 9 heteroatoms. The lowest BCUT2D eigenvalue weighted by Gasteiger charge is -2.24. The fourth-order valence-corrected chi connectivity index (χ4v) is 5.38. The van der Waals surface area contributed by atoms with Gasteiger partial charge in [0.25, 0.3) is 5.56 Å². The Morgan fingerprint density at radius 1 is 1.25 bits per heavy atom. The van der Waals surface area contributed by atoms with E-state index in [1.54, 1.807) is 49.8 Å². The third kappa shape index (κ3) is 5.08. The van der Waals surface area contributed by atoms with Gasteiger partial charge in [-0.2, -0.15) is 0 Å². The summed E-state index contributed by atoms with van der Waals surface area (Å²) in [6.45, 7) is 7.75. The predicted octanol–water partition coefficient (Wildman–Crippen LogP) is 4.13. The van der Waals surface area contributed by atoms with Crippen molar-refractivity contribution in [1.29, 1.82) is 0 Å². The molecule has 4 rings (SSSR count). The largest absolute Gasteiger partial charge is 0.496 e. The minimum atomic E-state index is -0.694. The molecule has 186 valence electrons. The topological polar surface area (TPSA) is 79.1 Å². The van der Waals surface area contributed by atoms with Crippen LogP contribution in [0.4, 0.5) is 0 Å². The fraction of sp³-hybridized carbons (Fsp3) is 0.222. The lowest BCUT2D eigenvalue weighted by molar-refractivity contribution is -0.139. The highest BCUT2D eigenvalue weighted by atomic mass is 79.9. The van der Waals surface area contributed by atoms with Crippen LogP contribution in [0.2, 0.25) is 0 Å². The SMILES string of the molecule is C=CCOc1ccc([C@H]2C(C(=O)OCC)=C(C)N=c3s/c(=C\c4cc(Br)ccc4OC)c(=O)n32)cc1. The summed E-state index contributed by atoms with van der Waals surface area (Å²) in [5.41, 5.74) is 2.07. The number of fused-ring (bicyclic) bond motifs is 1. The average molecular weight is 569 g/mol. The number of methoxy groups -OCH3 is 1. The van der Waals surface area contributed by atoms with Gasteiger partial charge < -0.3 is 14.2 Å². The summed E-state index contributed by atoms with van der Waals surface area (Å²) >= 11 is 4.74. The third-order valence-corrected chi connectivity index (χ3v) is 7.04. The quantitative estimate of drug-likeness (QED) is 0.301. The highest BCUT2D eigenvalue weighted by molar-refractivity contribution is 9.10. The number of halogens is 1. The molecule has 0 saturated heterocycles. The van der Waals surface area contributed by atoms with Crippen LogP contribution in [0.1, 0.15) is 31.0 Å². The summed E-state index contributed by atoms with van der Waals surface area (Å²) in [6.07, 6.45) is 3.44. The van der Waals surface area contributed by atoms with E-state index in [4.69, 9.17) is 14.2 Å². The van der Waals surface area contributed by atoms with Crippen molar-refractivity contribution >= 4 is 39.3 Å². The molecule has 0 fully saturated rings. The maximum absolute atomic E-state index is 13.7. The van der Waals surface area contributed by atoms with E-state index in [2.05, 4.69) is 27.5 Å². The number of benzene rings is 2. The molecule has 0 radical (unpaired) electrons. The van der Waals surface area contributed by atoms with E-state index in [0.717, 1.165) is 15.6 Å². The molecule has 0 N–H and O–H groups in total. The van der Waals surface area contributed by atoms with E-state index in [1.807, 2.05) is 30.3 Å². The first kappa shape index (κ1) is 25.7. The molecular formula is C27H25BrN2O5S. The summed E-state index contributed by atoms with van der Waals surface area (Å²) < 4.78 is 19.3. The van der Waals surface area contributed by atoms with Crippen LogP contribution in [0.25, 0.3) is 6.08 Å². The van der Waals surface area contributed by atoms with Gasteiger partial charge in [-0.15, -0.1) is 0 Å². The number of hydrogen-bond donors (Lipinski definition) is 0. The van der Waals surface area contributed by atoms with E-state index < -0.39 is 12.0 Å². The number of rotatable bonds is 8. The van der Waals surface area contributed by atoms with Crippen LogP contribution in [0.3, 0.4) is 0 Å². The van der Waals surface area contributed by atoms with Crippen molar-refractivity contribution < 1.29 is 19.0 Å². The number of allylic oxidation sites excluding steroid dienone is 1. The monoisotopic (exact) mass is 568 g/mol. The Hall–Kier alpha value is -3.43. The minimum Gasteiger partial charge on any atom is -0.496 e. The molecule has 36 heavy (non-hydrogen) atoms. The molecule has 0 spiro atoms. The zero-order chi connectivity index (χ0) is 25.8. The predicted molar refractivity (Wildman–Crippen MR) is 143 cm³/mol. The highest BCUT2D eigenvalue weighted by Gasteiger charge is 2.33. The second-order valence-electron chi connectivity index (χ2n) is 7.86. The zero-order valence-electron chi connectivity index (χ0n) is 20.1. The average Bonchev–Trinajstić information content (AvgIpc) is 3.16. The third-order valence-electron chi connectivity index (χ3n) is 5.56. The summed E-state index contributed by atoms with van der Waals surface area (Å²) in [7, 11) is 1.58.